The van der Waals surface area contributed by atoms with Gasteiger partial charge in [0, 0.05) is 50.9 Å². The maximum atomic E-state index is 12.6. The van der Waals surface area contributed by atoms with Crippen molar-refractivity contribution in [3.05, 3.63) is 17.5 Å². The Morgan fingerprint density at radius 1 is 1.20 bits per heavy atom. The molecule has 7 nitrogen and oxygen atoms in total. The number of piperazine rings is 1. The molecule has 3 fully saturated rings. The Morgan fingerprint density at radius 3 is 2.80 bits per heavy atom. The number of carbonyl (C=O) groups excluding carboxylic acids is 1. The predicted octanol–water partition coefficient (Wildman–Crippen LogP) is 1.44. The summed E-state index contributed by atoms with van der Waals surface area (Å²) >= 11 is 0. The fraction of sp³-hybridized carbons (Fsp3) is 0.778. The molecule has 1 aromatic heterocycles. The van der Waals surface area contributed by atoms with E-state index < -0.39 is 0 Å². The number of aryl methyl sites for hydroxylation is 1. The average Bonchev–Trinajstić information content (AvgIpc) is 3.22. The van der Waals surface area contributed by atoms with Gasteiger partial charge in [0.2, 0.25) is 0 Å². The molecule has 2 atom stereocenters. The average molecular weight is 347 g/mol. The van der Waals surface area contributed by atoms with E-state index in [-0.39, 0.29) is 6.03 Å². The van der Waals surface area contributed by atoms with Gasteiger partial charge in [0.1, 0.15) is 0 Å². The monoisotopic (exact) mass is 347 g/mol. The first-order chi connectivity index (χ1) is 12.2. The molecule has 0 bridgehead atoms. The third kappa shape index (κ3) is 3.82. The van der Waals surface area contributed by atoms with Crippen LogP contribution in [-0.4, -0.2) is 77.2 Å². The quantitative estimate of drug-likeness (QED) is 0.896. The number of nitrogens with zero attached hydrogens (tertiary/aromatic N) is 4. The van der Waals surface area contributed by atoms with Crippen molar-refractivity contribution in [3.63, 3.8) is 0 Å². The second-order valence-corrected chi connectivity index (χ2v) is 7.64. The molecule has 4 heterocycles. The number of hydrogen-bond donors (Lipinski definition) is 1. The number of piperidine rings is 1. The van der Waals surface area contributed by atoms with Gasteiger partial charge in [-0.15, -0.1) is 0 Å². The molecule has 138 valence electrons. The molecule has 2 amide bonds. The van der Waals surface area contributed by atoms with E-state index in [1.165, 1.54) is 25.8 Å². The summed E-state index contributed by atoms with van der Waals surface area (Å²) in [6.45, 7) is 8.37. The standard InChI is InChI=1S/C18H29N5O2/c1-14-12-15(25-20-14)13-21-8-10-23(11-9-21)18(24)19-16-5-7-22-6-3-2-4-17(16)22/h12,16-17H,2-11,13H2,1H3,(H,19,24)/t16-,17+/m0/s1. The Balaban J connectivity index is 1.24. The SMILES string of the molecule is Cc1cc(CN2CCN(C(=O)N[C@H]3CCN4CCCC[C@H]34)CC2)on1. The number of rotatable bonds is 3. The fourth-order valence-electron chi connectivity index (χ4n) is 4.49. The van der Waals surface area contributed by atoms with Gasteiger partial charge >= 0.3 is 6.03 Å². The lowest BCUT2D eigenvalue weighted by Crippen LogP contribution is -2.55. The molecule has 4 rings (SSSR count). The van der Waals surface area contributed by atoms with Crippen LogP contribution < -0.4 is 5.32 Å². The summed E-state index contributed by atoms with van der Waals surface area (Å²) in [5.41, 5.74) is 0.918. The lowest BCUT2D eigenvalue weighted by molar-refractivity contribution is 0.122. The zero-order valence-corrected chi connectivity index (χ0v) is 15.1. The Labute approximate surface area is 149 Å². The maximum absolute atomic E-state index is 12.6. The molecule has 3 aliphatic heterocycles. The second-order valence-electron chi connectivity index (χ2n) is 7.64. The van der Waals surface area contributed by atoms with Crippen LogP contribution in [0.25, 0.3) is 0 Å². The van der Waals surface area contributed by atoms with Gasteiger partial charge in [-0.1, -0.05) is 11.6 Å². The maximum Gasteiger partial charge on any atom is 0.317 e. The summed E-state index contributed by atoms with van der Waals surface area (Å²) in [5.74, 6) is 0.902. The number of fused-ring (bicyclic) bond motifs is 1. The summed E-state index contributed by atoms with van der Waals surface area (Å²) in [6, 6.07) is 3.00. The van der Waals surface area contributed by atoms with Crippen LogP contribution in [0.15, 0.2) is 10.6 Å². The number of hydrogen-bond acceptors (Lipinski definition) is 5. The minimum atomic E-state index is 0.118. The molecule has 1 aromatic rings. The van der Waals surface area contributed by atoms with E-state index in [2.05, 4.69) is 20.3 Å². The van der Waals surface area contributed by atoms with Crippen molar-refractivity contribution in [3.8, 4) is 0 Å². The van der Waals surface area contributed by atoms with Crippen LogP contribution in [0.4, 0.5) is 4.79 Å². The van der Waals surface area contributed by atoms with Crippen molar-refractivity contribution in [2.75, 3.05) is 39.3 Å². The summed E-state index contributed by atoms with van der Waals surface area (Å²) < 4.78 is 5.29. The third-order valence-corrected chi connectivity index (χ3v) is 5.88. The van der Waals surface area contributed by atoms with Crippen molar-refractivity contribution < 1.29 is 9.32 Å². The van der Waals surface area contributed by atoms with E-state index in [1.54, 1.807) is 0 Å². The summed E-state index contributed by atoms with van der Waals surface area (Å²) in [7, 11) is 0. The van der Waals surface area contributed by atoms with Crippen molar-refractivity contribution >= 4 is 6.03 Å². The highest BCUT2D eigenvalue weighted by atomic mass is 16.5. The van der Waals surface area contributed by atoms with Crippen LogP contribution in [0, 0.1) is 6.92 Å². The smallest absolute Gasteiger partial charge is 0.317 e. The summed E-state index contributed by atoms with van der Waals surface area (Å²) in [6.07, 6.45) is 4.94. The molecule has 7 heteroatoms. The zero-order chi connectivity index (χ0) is 17.2. The molecule has 0 unspecified atom stereocenters. The first kappa shape index (κ1) is 16.8. The molecule has 3 saturated heterocycles. The van der Waals surface area contributed by atoms with Gasteiger partial charge < -0.3 is 14.7 Å². The Morgan fingerprint density at radius 2 is 2.04 bits per heavy atom. The highest BCUT2D eigenvalue weighted by Gasteiger charge is 2.37. The minimum Gasteiger partial charge on any atom is -0.360 e. The molecule has 0 aromatic carbocycles. The van der Waals surface area contributed by atoms with E-state index in [9.17, 15) is 4.79 Å². The van der Waals surface area contributed by atoms with E-state index in [0.29, 0.717) is 12.1 Å². The molecule has 0 radical (unpaired) electrons. The molecule has 0 aliphatic carbocycles. The number of amides is 2. The molecule has 0 saturated carbocycles. The topological polar surface area (TPSA) is 64.8 Å². The number of carbonyl (C=O) groups is 1. The van der Waals surface area contributed by atoms with Gasteiger partial charge in [-0.3, -0.25) is 9.80 Å². The van der Waals surface area contributed by atoms with Crippen molar-refractivity contribution in [2.45, 2.75) is 51.2 Å². The van der Waals surface area contributed by atoms with Crippen LogP contribution >= 0.6 is 0 Å². The highest BCUT2D eigenvalue weighted by Crippen LogP contribution is 2.27. The normalized spacial score (nSPS) is 28.1. The predicted molar refractivity (Wildman–Crippen MR) is 94.2 cm³/mol. The van der Waals surface area contributed by atoms with Gasteiger partial charge in [0.05, 0.1) is 12.2 Å². The van der Waals surface area contributed by atoms with E-state index in [4.69, 9.17) is 4.52 Å². The molecule has 1 N–H and O–H groups in total. The number of nitrogens with one attached hydrogen (secondary N) is 1. The van der Waals surface area contributed by atoms with Crippen LogP contribution in [-0.2, 0) is 6.54 Å². The van der Waals surface area contributed by atoms with Gasteiger partial charge in [0.25, 0.3) is 0 Å². The lowest BCUT2D eigenvalue weighted by atomic mass is 9.99. The minimum absolute atomic E-state index is 0.118. The summed E-state index contributed by atoms with van der Waals surface area (Å²) in [4.78, 5) is 19.5. The molecule has 25 heavy (non-hydrogen) atoms. The van der Waals surface area contributed by atoms with Crippen molar-refractivity contribution in [2.24, 2.45) is 0 Å². The van der Waals surface area contributed by atoms with Crippen LogP contribution in [0.1, 0.15) is 37.1 Å². The Bertz CT molecular complexity index is 596. The van der Waals surface area contributed by atoms with E-state index >= 15 is 0 Å². The molecular weight excluding hydrogens is 318 g/mol. The molecular formula is C18H29N5O2. The van der Waals surface area contributed by atoms with Gasteiger partial charge in [-0.05, 0) is 32.7 Å². The van der Waals surface area contributed by atoms with E-state index in [1.807, 2.05) is 17.9 Å². The Kier molecular flexibility index (Phi) is 4.94. The van der Waals surface area contributed by atoms with Gasteiger partial charge in [-0.25, -0.2) is 4.79 Å². The van der Waals surface area contributed by atoms with Gasteiger partial charge in [0.15, 0.2) is 5.76 Å². The van der Waals surface area contributed by atoms with Crippen molar-refractivity contribution in [1.82, 2.24) is 25.2 Å². The highest BCUT2D eigenvalue weighted by molar-refractivity contribution is 5.74. The van der Waals surface area contributed by atoms with Crippen LogP contribution in [0.5, 0.6) is 0 Å². The third-order valence-electron chi connectivity index (χ3n) is 5.88. The second kappa shape index (κ2) is 7.33. The number of urea groups is 1. The Hall–Kier alpha value is -1.60. The first-order valence-electron chi connectivity index (χ1n) is 9.63. The first-order valence-corrected chi connectivity index (χ1v) is 9.63. The van der Waals surface area contributed by atoms with Crippen molar-refractivity contribution in [1.29, 1.82) is 0 Å². The lowest BCUT2D eigenvalue weighted by Gasteiger charge is -2.36. The largest absolute Gasteiger partial charge is 0.360 e. The van der Waals surface area contributed by atoms with E-state index in [0.717, 1.165) is 57.1 Å². The summed E-state index contributed by atoms with van der Waals surface area (Å²) in [5, 5.41) is 7.25. The molecule has 3 aliphatic rings. The van der Waals surface area contributed by atoms with Crippen LogP contribution in [0.3, 0.4) is 0 Å². The molecule has 0 spiro atoms. The zero-order valence-electron chi connectivity index (χ0n) is 15.1. The van der Waals surface area contributed by atoms with Crippen LogP contribution in [0.2, 0.25) is 0 Å². The number of aromatic nitrogens is 1. The fourth-order valence-corrected chi connectivity index (χ4v) is 4.49. The van der Waals surface area contributed by atoms with Gasteiger partial charge in [-0.2, -0.15) is 0 Å².